The molecule has 4 nitrogen and oxygen atoms in total. The zero-order chi connectivity index (χ0) is 13.7. The molecule has 0 aliphatic heterocycles. The van der Waals surface area contributed by atoms with Gasteiger partial charge in [-0.2, -0.15) is 0 Å². The van der Waals surface area contributed by atoms with Crippen molar-refractivity contribution < 1.29 is 9.90 Å². The molecule has 0 bridgehead atoms. The smallest absolute Gasteiger partial charge is 0.322 e. The van der Waals surface area contributed by atoms with Crippen molar-refractivity contribution in [3.05, 3.63) is 0 Å². The molecule has 4 heteroatoms. The second-order valence-electron chi connectivity index (χ2n) is 6.08. The molecule has 1 fully saturated rings. The van der Waals surface area contributed by atoms with Gasteiger partial charge in [-0.3, -0.25) is 4.79 Å². The van der Waals surface area contributed by atoms with E-state index >= 15 is 0 Å². The van der Waals surface area contributed by atoms with E-state index in [1.54, 1.807) is 0 Å². The molecule has 0 aromatic heterocycles. The second kappa shape index (κ2) is 7.10. The maximum absolute atomic E-state index is 11.2. The monoisotopic (exact) mass is 256 g/mol. The van der Waals surface area contributed by atoms with Gasteiger partial charge in [-0.1, -0.05) is 33.6 Å². The molecular weight excluding hydrogens is 228 g/mol. The summed E-state index contributed by atoms with van der Waals surface area (Å²) in [7, 11) is 2.06. The average Bonchev–Trinajstić information content (AvgIpc) is 2.27. The lowest BCUT2D eigenvalue weighted by molar-refractivity contribution is -0.140. The Kier molecular flexibility index (Phi) is 6.09. The Balaban J connectivity index is 2.49. The summed E-state index contributed by atoms with van der Waals surface area (Å²) in [5, 5.41) is 12.4. The third-order valence-corrected chi connectivity index (χ3v) is 3.84. The number of aliphatic carboxylic acids is 1. The molecule has 0 saturated heterocycles. The van der Waals surface area contributed by atoms with Gasteiger partial charge in [0.2, 0.25) is 0 Å². The normalized spacial score (nSPS) is 26.6. The zero-order valence-corrected chi connectivity index (χ0v) is 12.1. The van der Waals surface area contributed by atoms with Crippen molar-refractivity contribution in [1.82, 2.24) is 10.2 Å². The molecule has 1 rings (SSSR count). The predicted molar refractivity (Wildman–Crippen MR) is 73.7 cm³/mol. The maximum Gasteiger partial charge on any atom is 0.322 e. The first-order valence-electron chi connectivity index (χ1n) is 7.09. The summed E-state index contributed by atoms with van der Waals surface area (Å²) in [6.07, 6.45) is 4.99. The lowest BCUT2D eigenvalue weighted by atomic mass is 9.86. The standard InChI is InChI=1S/C14H28N2O2/c1-10(2)15-13(14(17)18)9-16(4)12-7-5-6-11(3)8-12/h10-13,15H,5-9H2,1-4H3,(H,17,18). The van der Waals surface area contributed by atoms with Crippen molar-refractivity contribution in [3.8, 4) is 0 Å². The minimum atomic E-state index is -0.751. The number of carbonyl (C=O) groups is 1. The number of carboxylic acids is 1. The minimum Gasteiger partial charge on any atom is -0.480 e. The molecule has 3 atom stereocenters. The van der Waals surface area contributed by atoms with Crippen molar-refractivity contribution in [1.29, 1.82) is 0 Å². The van der Waals surface area contributed by atoms with Gasteiger partial charge in [-0.05, 0) is 25.8 Å². The second-order valence-corrected chi connectivity index (χ2v) is 6.08. The van der Waals surface area contributed by atoms with Crippen LogP contribution in [0.4, 0.5) is 0 Å². The quantitative estimate of drug-likeness (QED) is 0.762. The highest BCUT2D eigenvalue weighted by Gasteiger charge is 2.26. The third-order valence-electron chi connectivity index (χ3n) is 3.84. The molecule has 18 heavy (non-hydrogen) atoms. The van der Waals surface area contributed by atoms with E-state index in [9.17, 15) is 9.90 Å². The van der Waals surface area contributed by atoms with Crippen LogP contribution in [0.2, 0.25) is 0 Å². The van der Waals surface area contributed by atoms with Crippen molar-refractivity contribution in [2.24, 2.45) is 5.92 Å². The van der Waals surface area contributed by atoms with Crippen molar-refractivity contribution in [2.75, 3.05) is 13.6 Å². The first-order chi connectivity index (χ1) is 8.40. The van der Waals surface area contributed by atoms with Crippen LogP contribution in [0.5, 0.6) is 0 Å². The van der Waals surface area contributed by atoms with Crippen LogP contribution in [0, 0.1) is 5.92 Å². The number of nitrogens with zero attached hydrogens (tertiary/aromatic N) is 1. The van der Waals surface area contributed by atoms with Crippen LogP contribution < -0.4 is 5.32 Å². The Morgan fingerprint density at radius 2 is 2.11 bits per heavy atom. The molecule has 106 valence electrons. The van der Waals surface area contributed by atoms with E-state index in [0.717, 1.165) is 5.92 Å². The molecule has 0 heterocycles. The van der Waals surface area contributed by atoms with Crippen molar-refractivity contribution in [3.63, 3.8) is 0 Å². The first kappa shape index (κ1) is 15.4. The summed E-state index contributed by atoms with van der Waals surface area (Å²) in [4.78, 5) is 13.5. The molecule has 1 aliphatic carbocycles. The number of rotatable bonds is 6. The molecule has 0 amide bonds. The summed E-state index contributed by atoms with van der Waals surface area (Å²) >= 11 is 0. The molecule has 0 spiro atoms. The van der Waals surface area contributed by atoms with E-state index in [2.05, 4.69) is 24.2 Å². The minimum absolute atomic E-state index is 0.199. The molecular formula is C14H28N2O2. The summed E-state index contributed by atoms with van der Waals surface area (Å²) < 4.78 is 0. The van der Waals surface area contributed by atoms with Gasteiger partial charge in [-0.25, -0.2) is 0 Å². The van der Waals surface area contributed by atoms with E-state index in [4.69, 9.17) is 0 Å². The number of likely N-dealkylation sites (N-methyl/N-ethyl adjacent to an activating group) is 1. The molecule has 0 radical (unpaired) electrons. The summed E-state index contributed by atoms with van der Waals surface area (Å²) in [5.74, 6) is 0.0203. The van der Waals surface area contributed by atoms with Crippen LogP contribution >= 0.6 is 0 Å². The van der Waals surface area contributed by atoms with E-state index < -0.39 is 12.0 Å². The van der Waals surface area contributed by atoms with Gasteiger partial charge >= 0.3 is 5.97 Å². The van der Waals surface area contributed by atoms with Crippen LogP contribution in [0.15, 0.2) is 0 Å². The molecule has 3 unspecified atom stereocenters. The fourth-order valence-electron chi connectivity index (χ4n) is 2.84. The fourth-order valence-corrected chi connectivity index (χ4v) is 2.84. The van der Waals surface area contributed by atoms with Crippen LogP contribution in [0.25, 0.3) is 0 Å². The average molecular weight is 256 g/mol. The highest BCUT2D eigenvalue weighted by molar-refractivity contribution is 5.73. The van der Waals surface area contributed by atoms with Crippen LogP contribution in [-0.4, -0.2) is 47.7 Å². The van der Waals surface area contributed by atoms with Crippen molar-refractivity contribution in [2.45, 2.75) is 64.6 Å². The predicted octanol–water partition coefficient (Wildman–Crippen LogP) is 1.95. The summed E-state index contributed by atoms with van der Waals surface area (Å²) in [5.41, 5.74) is 0. The van der Waals surface area contributed by atoms with E-state index in [-0.39, 0.29) is 6.04 Å². The molecule has 0 aromatic carbocycles. The Morgan fingerprint density at radius 1 is 1.44 bits per heavy atom. The highest BCUT2D eigenvalue weighted by Crippen LogP contribution is 2.26. The number of hydrogen-bond acceptors (Lipinski definition) is 3. The molecule has 1 aliphatic rings. The third kappa shape index (κ3) is 4.94. The van der Waals surface area contributed by atoms with Crippen LogP contribution in [0.3, 0.4) is 0 Å². The Morgan fingerprint density at radius 3 is 2.61 bits per heavy atom. The summed E-state index contributed by atoms with van der Waals surface area (Å²) in [6.45, 7) is 6.85. The number of hydrogen-bond donors (Lipinski definition) is 2. The topological polar surface area (TPSA) is 52.6 Å². The van der Waals surface area contributed by atoms with Gasteiger partial charge in [0, 0.05) is 18.6 Å². The van der Waals surface area contributed by atoms with E-state index in [1.807, 2.05) is 13.8 Å². The van der Waals surface area contributed by atoms with Crippen molar-refractivity contribution >= 4 is 5.97 Å². The summed E-state index contributed by atoms with van der Waals surface area (Å²) in [6, 6.07) is 0.279. The number of nitrogens with one attached hydrogen (secondary N) is 1. The number of carboxylic acid groups (broad SMARTS) is 1. The lowest BCUT2D eigenvalue weighted by Crippen LogP contribution is -2.50. The largest absolute Gasteiger partial charge is 0.480 e. The first-order valence-corrected chi connectivity index (χ1v) is 7.09. The van der Waals surface area contributed by atoms with Crippen LogP contribution in [0.1, 0.15) is 46.5 Å². The molecule has 2 N–H and O–H groups in total. The van der Waals surface area contributed by atoms with Crippen LogP contribution in [-0.2, 0) is 4.79 Å². The van der Waals surface area contributed by atoms with E-state index in [1.165, 1.54) is 25.7 Å². The molecule has 0 aromatic rings. The van der Waals surface area contributed by atoms with Gasteiger partial charge in [0.15, 0.2) is 0 Å². The SMILES string of the molecule is CC1CCCC(N(C)CC(NC(C)C)C(=O)O)C1. The zero-order valence-electron chi connectivity index (χ0n) is 12.1. The Labute approximate surface area is 111 Å². The van der Waals surface area contributed by atoms with Gasteiger partial charge in [0.1, 0.15) is 6.04 Å². The Hall–Kier alpha value is -0.610. The molecule has 1 saturated carbocycles. The van der Waals surface area contributed by atoms with Gasteiger partial charge < -0.3 is 15.3 Å². The van der Waals surface area contributed by atoms with Gasteiger partial charge in [0.25, 0.3) is 0 Å². The maximum atomic E-state index is 11.2. The van der Waals surface area contributed by atoms with E-state index in [0.29, 0.717) is 12.6 Å². The lowest BCUT2D eigenvalue weighted by Gasteiger charge is -2.35. The van der Waals surface area contributed by atoms with Gasteiger partial charge in [0.05, 0.1) is 0 Å². The Bertz CT molecular complexity index is 269. The fraction of sp³-hybridized carbons (Fsp3) is 0.929. The highest BCUT2D eigenvalue weighted by atomic mass is 16.4. The van der Waals surface area contributed by atoms with Gasteiger partial charge in [-0.15, -0.1) is 0 Å².